The molecule has 0 spiro atoms. The normalized spacial score (nSPS) is 12.4. The van der Waals surface area contributed by atoms with Crippen LogP contribution in [0.5, 0.6) is 0 Å². The second-order valence-electron chi connectivity index (χ2n) is 6.42. The highest BCUT2D eigenvalue weighted by molar-refractivity contribution is 6.15. The van der Waals surface area contributed by atoms with Crippen LogP contribution in [-0.4, -0.2) is 25.4 Å². The number of non-ortho nitro benzene ring substituents is 1. The Morgan fingerprint density at radius 3 is 2.60 bits per heavy atom. The van der Waals surface area contributed by atoms with Gasteiger partial charge in [-0.1, -0.05) is 12.1 Å². The van der Waals surface area contributed by atoms with E-state index in [0.717, 1.165) is 18.2 Å². The largest absolute Gasteiger partial charge is 0.280 e. The molecule has 2 heterocycles. The third-order valence-electron chi connectivity index (χ3n) is 4.60. The molecule has 3 aromatic rings. The third-order valence-corrected chi connectivity index (χ3v) is 4.60. The number of halogens is 2. The number of nitro groups is 1. The van der Waals surface area contributed by atoms with E-state index in [-0.39, 0.29) is 47.1 Å². The average molecular weight is 409 g/mol. The van der Waals surface area contributed by atoms with Crippen LogP contribution in [0.3, 0.4) is 0 Å². The van der Waals surface area contributed by atoms with E-state index >= 15 is 0 Å². The summed E-state index contributed by atoms with van der Waals surface area (Å²) in [5.74, 6) is -1.64. The lowest BCUT2D eigenvalue weighted by molar-refractivity contribution is -0.384. The zero-order chi connectivity index (χ0) is 21.4. The van der Waals surface area contributed by atoms with Crippen molar-refractivity contribution in [3.8, 4) is 5.69 Å². The summed E-state index contributed by atoms with van der Waals surface area (Å²) in [6, 6.07) is 6.98. The zero-order valence-corrected chi connectivity index (χ0v) is 15.4. The minimum atomic E-state index is -0.886. The van der Waals surface area contributed by atoms with E-state index in [1.54, 1.807) is 0 Å². The van der Waals surface area contributed by atoms with Crippen molar-refractivity contribution in [3.05, 3.63) is 104 Å². The van der Waals surface area contributed by atoms with Crippen LogP contribution >= 0.6 is 0 Å². The molecular formula is C20H13F2N5O3. The van der Waals surface area contributed by atoms with Gasteiger partial charge < -0.3 is 0 Å². The number of rotatable bonds is 4. The minimum absolute atomic E-state index is 0.0339. The molecule has 0 atom stereocenters. The van der Waals surface area contributed by atoms with Crippen LogP contribution in [0.15, 0.2) is 58.8 Å². The van der Waals surface area contributed by atoms with E-state index in [0.29, 0.717) is 0 Å². The zero-order valence-electron chi connectivity index (χ0n) is 15.4. The molecule has 0 bridgehead atoms. The summed E-state index contributed by atoms with van der Waals surface area (Å²) in [5.41, 5.74) is -1.12. The molecule has 0 amide bonds. The SMILES string of the molecule is C=CCc1nnc2n(c1=O)-c1ccc([N+](=O)[O-])cc1C(c1c(F)cccc1F)=NC2. The van der Waals surface area contributed by atoms with Crippen molar-refractivity contribution >= 4 is 11.4 Å². The lowest BCUT2D eigenvalue weighted by Crippen LogP contribution is -2.28. The average Bonchev–Trinajstić information content (AvgIpc) is 2.87. The first-order valence-electron chi connectivity index (χ1n) is 8.78. The Labute approximate surface area is 168 Å². The van der Waals surface area contributed by atoms with Crippen molar-refractivity contribution in [3.63, 3.8) is 0 Å². The molecule has 30 heavy (non-hydrogen) atoms. The molecule has 0 radical (unpaired) electrons. The predicted molar refractivity (Wildman–Crippen MR) is 104 cm³/mol. The van der Waals surface area contributed by atoms with Crippen LogP contribution in [0.1, 0.15) is 22.6 Å². The Kier molecular flexibility index (Phi) is 4.74. The first kappa shape index (κ1) is 19.2. The molecular weight excluding hydrogens is 396 g/mol. The molecule has 0 unspecified atom stereocenters. The monoisotopic (exact) mass is 409 g/mol. The van der Waals surface area contributed by atoms with Crippen LogP contribution in [-0.2, 0) is 13.0 Å². The molecule has 1 aliphatic heterocycles. The van der Waals surface area contributed by atoms with Gasteiger partial charge >= 0.3 is 0 Å². The van der Waals surface area contributed by atoms with Crippen molar-refractivity contribution in [2.75, 3.05) is 0 Å². The van der Waals surface area contributed by atoms with Crippen molar-refractivity contribution in [2.45, 2.75) is 13.0 Å². The maximum absolute atomic E-state index is 14.5. The Hall–Kier alpha value is -4.08. The van der Waals surface area contributed by atoms with E-state index in [4.69, 9.17) is 0 Å². The minimum Gasteiger partial charge on any atom is -0.276 e. The Balaban J connectivity index is 2.07. The van der Waals surface area contributed by atoms with Gasteiger partial charge in [-0.2, -0.15) is 0 Å². The molecule has 10 heteroatoms. The molecule has 0 saturated carbocycles. The first-order chi connectivity index (χ1) is 14.4. The molecule has 150 valence electrons. The summed E-state index contributed by atoms with van der Waals surface area (Å²) < 4.78 is 30.3. The third kappa shape index (κ3) is 3.08. The van der Waals surface area contributed by atoms with Gasteiger partial charge in [-0.3, -0.25) is 24.5 Å². The van der Waals surface area contributed by atoms with Gasteiger partial charge in [-0.15, -0.1) is 16.8 Å². The number of benzene rings is 2. The van der Waals surface area contributed by atoms with Gasteiger partial charge in [0.05, 0.1) is 21.9 Å². The van der Waals surface area contributed by atoms with Crippen molar-refractivity contribution in [1.29, 1.82) is 0 Å². The summed E-state index contributed by atoms with van der Waals surface area (Å²) in [7, 11) is 0. The van der Waals surface area contributed by atoms with Gasteiger partial charge in [0.1, 0.15) is 23.9 Å². The summed E-state index contributed by atoms with van der Waals surface area (Å²) in [4.78, 5) is 27.9. The molecule has 4 rings (SSSR count). The van der Waals surface area contributed by atoms with E-state index in [2.05, 4.69) is 21.8 Å². The van der Waals surface area contributed by atoms with Crippen molar-refractivity contribution in [1.82, 2.24) is 14.8 Å². The lowest BCUT2D eigenvalue weighted by Gasteiger charge is -2.14. The second-order valence-corrected chi connectivity index (χ2v) is 6.42. The van der Waals surface area contributed by atoms with Crippen LogP contribution in [0.4, 0.5) is 14.5 Å². The van der Waals surface area contributed by atoms with Gasteiger partial charge in [0.15, 0.2) is 5.82 Å². The summed E-state index contributed by atoms with van der Waals surface area (Å²) in [5, 5.41) is 19.2. The number of hydrogen-bond acceptors (Lipinski definition) is 6. The number of hydrogen-bond donors (Lipinski definition) is 0. The van der Waals surface area contributed by atoms with Gasteiger partial charge in [0.25, 0.3) is 11.2 Å². The van der Waals surface area contributed by atoms with Crippen LogP contribution in [0.25, 0.3) is 5.69 Å². The number of nitrogens with zero attached hydrogens (tertiary/aromatic N) is 5. The summed E-state index contributed by atoms with van der Waals surface area (Å²) >= 11 is 0. The highest BCUT2D eigenvalue weighted by Crippen LogP contribution is 2.29. The Bertz CT molecular complexity index is 1280. The molecule has 0 saturated heterocycles. The highest BCUT2D eigenvalue weighted by atomic mass is 19.1. The number of nitro benzene ring substituents is 1. The van der Waals surface area contributed by atoms with Gasteiger partial charge in [0.2, 0.25) is 0 Å². The molecule has 2 aromatic carbocycles. The van der Waals surface area contributed by atoms with Crippen molar-refractivity contribution in [2.24, 2.45) is 4.99 Å². The molecule has 0 fully saturated rings. The summed E-state index contributed by atoms with van der Waals surface area (Å²) in [6.45, 7) is 3.37. The molecule has 1 aromatic heterocycles. The highest BCUT2D eigenvalue weighted by Gasteiger charge is 2.27. The first-order valence-corrected chi connectivity index (χ1v) is 8.78. The Morgan fingerprint density at radius 2 is 1.93 bits per heavy atom. The fourth-order valence-corrected chi connectivity index (χ4v) is 3.26. The smallest absolute Gasteiger partial charge is 0.276 e. The second kappa shape index (κ2) is 7.39. The van der Waals surface area contributed by atoms with E-state index in [1.807, 2.05) is 0 Å². The quantitative estimate of drug-likeness (QED) is 0.374. The lowest BCUT2D eigenvalue weighted by atomic mass is 9.98. The van der Waals surface area contributed by atoms with E-state index in [9.17, 15) is 23.7 Å². The van der Waals surface area contributed by atoms with Gasteiger partial charge in [0, 0.05) is 24.1 Å². The fourth-order valence-electron chi connectivity index (χ4n) is 3.26. The summed E-state index contributed by atoms with van der Waals surface area (Å²) in [6.07, 6.45) is 1.65. The van der Waals surface area contributed by atoms with Crippen molar-refractivity contribution < 1.29 is 13.7 Å². The van der Waals surface area contributed by atoms with Crippen LogP contribution < -0.4 is 5.56 Å². The molecule has 0 N–H and O–H groups in total. The van der Waals surface area contributed by atoms with E-state index in [1.165, 1.54) is 28.8 Å². The number of aromatic nitrogens is 3. The maximum atomic E-state index is 14.5. The standard InChI is InChI=1S/C20H13F2N5O3/c1-2-4-15-20(28)26-16-8-7-11(27(29)30)9-12(16)19(23-10-17(26)25-24-15)18-13(21)5-3-6-14(18)22/h2-3,5-9H,1,4,10H2. The topological polar surface area (TPSA) is 103 Å². The Morgan fingerprint density at radius 1 is 1.20 bits per heavy atom. The number of allylic oxidation sites excluding steroid dienone is 1. The van der Waals surface area contributed by atoms with Crippen LogP contribution in [0.2, 0.25) is 0 Å². The predicted octanol–water partition coefficient (Wildman–Crippen LogP) is 2.89. The van der Waals surface area contributed by atoms with Crippen LogP contribution in [0, 0.1) is 21.7 Å². The van der Waals surface area contributed by atoms with E-state index < -0.39 is 27.7 Å². The molecule has 0 aliphatic carbocycles. The van der Waals surface area contributed by atoms with Gasteiger partial charge in [-0.25, -0.2) is 8.78 Å². The number of fused-ring (bicyclic) bond motifs is 3. The van der Waals surface area contributed by atoms with Gasteiger partial charge in [-0.05, 0) is 18.2 Å². The maximum Gasteiger partial charge on any atom is 0.280 e. The molecule has 8 nitrogen and oxygen atoms in total. The molecule has 1 aliphatic rings. The number of aliphatic imine (C=N–C) groups is 1. The fraction of sp³-hybridized carbons (Fsp3) is 0.100.